The number of benzene rings is 1. The summed E-state index contributed by atoms with van der Waals surface area (Å²) >= 11 is 0. The van der Waals surface area contributed by atoms with E-state index in [1.807, 2.05) is 38.1 Å². The Morgan fingerprint density at radius 2 is 1.95 bits per heavy atom. The van der Waals surface area contributed by atoms with E-state index < -0.39 is 5.97 Å². The van der Waals surface area contributed by atoms with Crippen molar-refractivity contribution in [3.8, 4) is 0 Å². The van der Waals surface area contributed by atoms with Crippen LogP contribution in [0, 0.1) is 12.8 Å². The average Bonchev–Trinajstić information content (AvgIpc) is 2.42. The first-order valence-corrected chi connectivity index (χ1v) is 6.75. The molecule has 0 fully saturated rings. The van der Waals surface area contributed by atoms with Gasteiger partial charge in [0.2, 0.25) is 5.91 Å². The van der Waals surface area contributed by atoms with Crippen LogP contribution in [0.4, 0.5) is 0 Å². The molecule has 0 radical (unpaired) electrons. The molecule has 1 atom stereocenters. The number of aliphatic carboxylic acids is 1. The standard InChI is InChI=1S/C16H21NO3/c1-3-13(10-16(19)20)11-17-15(18)9-8-14-6-4-12(2)5-7-14/h4-9,13H,3,10-11H2,1-2H3,(H,17,18)(H,19,20)/b9-8+. The van der Waals surface area contributed by atoms with E-state index in [9.17, 15) is 9.59 Å². The lowest BCUT2D eigenvalue weighted by Crippen LogP contribution is -2.28. The lowest BCUT2D eigenvalue weighted by atomic mass is 10.0. The number of rotatable bonds is 7. The second kappa shape index (κ2) is 8.15. The number of hydrogen-bond acceptors (Lipinski definition) is 2. The third-order valence-corrected chi connectivity index (χ3v) is 3.11. The maximum Gasteiger partial charge on any atom is 0.303 e. The minimum Gasteiger partial charge on any atom is -0.481 e. The van der Waals surface area contributed by atoms with Gasteiger partial charge in [0, 0.05) is 19.0 Å². The van der Waals surface area contributed by atoms with Gasteiger partial charge in [0.05, 0.1) is 0 Å². The van der Waals surface area contributed by atoms with Crippen LogP contribution in [0.2, 0.25) is 0 Å². The predicted molar refractivity (Wildman–Crippen MR) is 79.3 cm³/mol. The van der Waals surface area contributed by atoms with Crippen molar-refractivity contribution in [3.05, 3.63) is 41.5 Å². The van der Waals surface area contributed by atoms with Crippen LogP contribution in [0.3, 0.4) is 0 Å². The number of carbonyl (C=O) groups is 2. The van der Waals surface area contributed by atoms with Gasteiger partial charge in [-0.1, -0.05) is 43.2 Å². The summed E-state index contributed by atoms with van der Waals surface area (Å²) in [7, 11) is 0. The summed E-state index contributed by atoms with van der Waals surface area (Å²) < 4.78 is 0. The van der Waals surface area contributed by atoms with Crippen LogP contribution in [-0.4, -0.2) is 23.5 Å². The van der Waals surface area contributed by atoms with E-state index in [1.54, 1.807) is 6.08 Å². The molecule has 0 aliphatic rings. The van der Waals surface area contributed by atoms with Crippen molar-refractivity contribution in [1.29, 1.82) is 0 Å². The van der Waals surface area contributed by atoms with Crippen LogP contribution in [-0.2, 0) is 9.59 Å². The number of aryl methyl sites for hydroxylation is 1. The molecule has 0 aromatic heterocycles. The second-order valence-electron chi connectivity index (χ2n) is 4.86. The minimum atomic E-state index is -0.832. The highest BCUT2D eigenvalue weighted by atomic mass is 16.4. The van der Waals surface area contributed by atoms with Gasteiger partial charge < -0.3 is 10.4 Å². The quantitative estimate of drug-likeness (QED) is 0.752. The van der Waals surface area contributed by atoms with Crippen molar-refractivity contribution in [2.24, 2.45) is 5.92 Å². The summed E-state index contributed by atoms with van der Waals surface area (Å²) in [5.74, 6) is -1.06. The topological polar surface area (TPSA) is 66.4 Å². The van der Waals surface area contributed by atoms with Crippen molar-refractivity contribution >= 4 is 18.0 Å². The first kappa shape index (κ1) is 16.0. The highest BCUT2D eigenvalue weighted by molar-refractivity contribution is 5.91. The summed E-state index contributed by atoms with van der Waals surface area (Å²) in [4.78, 5) is 22.3. The molecule has 2 N–H and O–H groups in total. The molecule has 1 amide bonds. The number of amides is 1. The molecule has 20 heavy (non-hydrogen) atoms. The third kappa shape index (κ3) is 6.18. The lowest BCUT2D eigenvalue weighted by Gasteiger charge is -2.12. The predicted octanol–water partition coefficient (Wildman–Crippen LogP) is 2.63. The maximum atomic E-state index is 11.6. The number of carboxylic acid groups (broad SMARTS) is 1. The van der Waals surface area contributed by atoms with Crippen molar-refractivity contribution in [2.75, 3.05) is 6.54 Å². The molecule has 0 heterocycles. The van der Waals surface area contributed by atoms with Gasteiger partial charge in [0.25, 0.3) is 0 Å². The molecule has 1 rings (SSSR count). The van der Waals surface area contributed by atoms with E-state index in [1.165, 1.54) is 11.6 Å². The molecule has 0 aliphatic carbocycles. The van der Waals surface area contributed by atoms with Gasteiger partial charge >= 0.3 is 5.97 Å². The molecule has 108 valence electrons. The van der Waals surface area contributed by atoms with E-state index in [0.29, 0.717) is 6.54 Å². The Kier molecular flexibility index (Phi) is 6.50. The number of nitrogens with one attached hydrogen (secondary N) is 1. The van der Waals surface area contributed by atoms with E-state index in [-0.39, 0.29) is 18.2 Å². The second-order valence-corrected chi connectivity index (χ2v) is 4.86. The molecular formula is C16H21NO3. The van der Waals surface area contributed by atoms with E-state index >= 15 is 0 Å². The molecule has 0 saturated heterocycles. The molecule has 4 heteroatoms. The number of hydrogen-bond donors (Lipinski definition) is 2. The van der Waals surface area contributed by atoms with Crippen molar-refractivity contribution in [2.45, 2.75) is 26.7 Å². The van der Waals surface area contributed by atoms with Crippen molar-refractivity contribution in [1.82, 2.24) is 5.32 Å². The van der Waals surface area contributed by atoms with E-state index in [0.717, 1.165) is 12.0 Å². The minimum absolute atomic E-state index is 0.0239. The Bertz CT molecular complexity index is 477. The van der Waals surface area contributed by atoms with Crippen LogP contribution in [0.1, 0.15) is 30.9 Å². The number of carbonyl (C=O) groups excluding carboxylic acids is 1. The molecule has 0 spiro atoms. The fourth-order valence-electron chi connectivity index (χ4n) is 1.76. The fraction of sp³-hybridized carbons (Fsp3) is 0.375. The zero-order valence-corrected chi connectivity index (χ0v) is 11.9. The van der Waals surface area contributed by atoms with Crippen molar-refractivity contribution in [3.63, 3.8) is 0 Å². The molecule has 1 aromatic carbocycles. The SMILES string of the molecule is CCC(CNC(=O)/C=C/c1ccc(C)cc1)CC(=O)O. The Hall–Kier alpha value is -2.10. The number of carboxylic acids is 1. The lowest BCUT2D eigenvalue weighted by molar-refractivity contribution is -0.138. The normalized spacial score (nSPS) is 12.3. The molecule has 0 bridgehead atoms. The maximum absolute atomic E-state index is 11.6. The molecular weight excluding hydrogens is 254 g/mol. The van der Waals surface area contributed by atoms with Gasteiger partial charge in [-0.25, -0.2) is 0 Å². The van der Waals surface area contributed by atoms with Crippen LogP contribution < -0.4 is 5.32 Å². The van der Waals surface area contributed by atoms with Gasteiger partial charge in [-0.05, 0) is 24.5 Å². The Labute approximate surface area is 119 Å². The molecule has 4 nitrogen and oxygen atoms in total. The first-order chi connectivity index (χ1) is 9.51. The smallest absolute Gasteiger partial charge is 0.303 e. The summed E-state index contributed by atoms with van der Waals surface area (Å²) in [6, 6.07) is 7.85. The third-order valence-electron chi connectivity index (χ3n) is 3.11. The van der Waals surface area contributed by atoms with Gasteiger partial charge in [-0.2, -0.15) is 0 Å². The first-order valence-electron chi connectivity index (χ1n) is 6.75. The van der Waals surface area contributed by atoms with Gasteiger partial charge in [-0.3, -0.25) is 9.59 Å². The Morgan fingerprint density at radius 1 is 1.30 bits per heavy atom. The highest BCUT2D eigenvalue weighted by Crippen LogP contribution is 2.07. The monoisotopic (exact) mass is 275 g/mol. The summed E-state index contributed by atoms with van der Waals surface area (Å²) in [6.07, 6.45) is 4.03. The molecule has 1 aromatic rings. The van der Waals surface area contributed by atoms with E-state index in [4.69, 9.17) is 5.11 Å². The van der Waals surface area contributed by atoms with Gasteiger partial charge in [0.1, 0.15) is 0 Å². The van der Waals surface area contributed by atoms with Crippen LogP contribution in [0.5, 0.6) is 0 Å². The van der Waals surface area contributed by atoms with Crippen LogP contribution in [0.25, 0.3) is 6.08 Å². The van der Waals surface area contributed by atoms with Crippen LogP contribution in [0.15, 0.2) is 30.3 Å². The summed E-state index contributed by atoms with van der Waals surface area (Å²) in [5.41, 5.74) is 2.13. The van der Waals surface area contributed by atoms with Crippen molar-refractivity contribution < 1.29 is 14.7 Å². The molecule has 0 aliphatic heterocycles. The molecule has 0 saturated carbocycles. The van der Waals surface area contributed by atoms with Gasteiger partial charge in [0.15, 0.2) is 0 Å². The highest BCUT2D eigenvalue weighted by Gasteiger charge is 2.11. The zero-order chi connectivity index (χ0) is 15.0. The summed E-state index contributed by atoms with van der Waals surface area (Å²) in [5, 5.41) is 11.5. The zero-order valence-electron chi connectivity index (χ0n) is 11.9. The van der Waals surface area contributed by atoms with E-state index in [2.05, 4.69) is 5.32 Å². The fourth-order valence-corrected chi connectivity index (χ4v) is 1.76. The largest absolute Gasteiger partial charge is 0.481 e. The Morgan fingerprint density at radius 3 is 2.50 bits per heavy atom. The Balaban J connectivity index is 2.43. The summed E-state index contributed by atoms with van der Waals surface area (Å²) in [6.45, 7) is 4.31. The molecule has 1 unspecified atom stereocenters. The van der Waals surface area contributed by atoms with Gasteiger partial charge in [-0.15, -0.1) is 0 Å². The average molecular weight is 275 g/mol. The van der Waals surface area contributed by atoms with Crippen LogP contribution >= 0.6 is 0 Å².